The van der Waals surface area contributed by atoms with Gasteiger partial charge in [-0.15, -0.1) is 12.4 Å². The number of aryl methyl sites for hydroxylation is 1. The van der Waals surface area contributed by atoms with E-state index in [1.54, 1.807) is 0 Å². The summed E-state index contributed by atoms with van der Waals surface area (Å²) in [6.07, 6.45) is 0.439. The minimum atomic E-state index is 0. The third-order valence-electron chi connectivity index (χ3n) is 2.97. The first-order valence-electron chi connectivity index (χ1n) is 6.07. The number of ketones is 1. The number of hydrogen-bond donors (Lipinski definition) is 1. The molecule has 2 N–H and O–H groups in total. The normalized spacial score (nSPS) is 9.79. The van der Waals surface area contributed by atoms with Crippen molar-refractivity contribution in [3.63, 3.8) is 0 Å². The molecule has 0 saturated carbocycles. The average molecular weight is 276 g/mol. The van der Waals surface area contributed by atoms with E-state index in [9.17, 15) is 4.79 Å². The highest BCUT2D eigenvalue weighted by Gasteiger charge is 2.07. The Balaban J connectivity index is 0.00000180. The van der Waals surface area contributed by atoms with E-state index in [0.717, 1.165) is 16.7 Å². The molecule has 0 aliphatic heterocycles. The van der Waals surface area contributed by atoms with E-state index in [1.807, 2.05) is 55.5 Å². The van der Waals surface area contributed by atoms with E-state index in [0.29, 0.717) is 13.0 Å². The fraction of sp³-hybridized carbons (Fsp3) is 0.188. The van der Waals surface area contributed by atoms with Crippen LogP contribution >= 0.6 is 12.4 Å². The van der Waals surface area contributed by atoms with Gasteiger partial charge < -0.3 is 5.73 Å². The van der Waals surface area contributed by atoms with Gasteiger partial charge in [0.1, 0.15) is 0 Å². The van der Waals surface area contributed by atoms with E-state index in [1.165, 1.54) is 5.56 Å². The number of rotatable bonds is 4. The molecule has 0 bridgehead atoms. The Morgan fingerprint density at radius 3 is 2.37 bits per heavy atom. The van der Waals surface area contributed by atoms with E-state index in [-0.39, 0.29) is 18.2 Å². The highest BCUT2D eigenvalue weighted by Crippen LogP contribution is 2.10. The second-order valence-corrected chi connectivity index (χ2v) is 4.49. The van der Waals surface area contributed by atoms with Gasteiger partial charge in [0, 0.05) is 18.5 Å². The lowest BCUT2D eigenvalue weighted by atomic mass is 10.0. The molecule has 0 aliphatic carbocycles. The monoisotopic (exact) mass is 275 g/mol. The molecular weight excluding hydrogens is 258 g/mol. The third kappa shape index (κ3) is 4.19. The maximum absolute atomic E-state index is 12.1. The minimum Gasteiger partial charge on any atom is -0.326 e. The van der Waals surface area contributed by atoms with E-state index >= 15 is 0 Å². The SMILES string of the molecule is Cc1ccc(CC(=O)c2cccc(CN)c2)cc1.Cl. The van der Waals surface area contributed by atoms with Gasteiger partial charge in [0.05, 0.1) is 0 Å². The summed E-state index contributed by atoms with van der Waals surface area (Å²) in [5.74, 6) is 0.133. The zero-order chi connectivity index (χ0) is 13.0. The molecule has 19 heavy (non-hydrogen) atoms. The van der Waals surface area contributed by atoms with Gasteiger partial charge in [-0.05, 0) is 24.1 Å². The summed E-state index contributed by atoms with van der Waals surface area (Å²) < 4.78 is 0. The van der Waals surface area contributed by atoms with Crippen molar-refractivity contribution in [3.8, 4) is 0 Å². The Morgan fingerprint density at radius 2 is 1.74 bits per heavy atom. The van der Waals surface area contributed by atoms with Crippen LogP contribution in [0.2, 0.25) is 0 Å². The maximum atomic E-state index is 12.1. The fourth-order valence-electron chi connectivity index (χ4n) is 1.87. The predicted octanol–water partition coefficient (Wildman–Crippen LogP) is 3.30. The van der Waals surface area contributed by atoms with Crippen LogP contribution in [0.25, 0.3) is 0 Å². The van der Waals surface area contributed by atoms with Crippen LogP contribution in [-0.2, 0) is 13.0 Å². The topological polar surface area (TPSA) is 43.1 Å². The molecule has 0 unspecified atom stereocenters. The van der Waals surface area contributed by atoms with Crippen molar-refractivity contribution in [3.05, 3.63) is 70.8 Å². The Bertz CT molecular complexity index is 549. The zero-order valence-electron chi connectivity index (χ0n) is 10.9. The maximum Gasteiger partial charge on any atom is 0.167 e. The van der Waals surface area contributed by atoms with Crippen molar-refractivity contribution in [2.75, 3.05) is 0 Å². The number of carbonyl (C=O) groups excluding carboxylic acids is 1. The lowest BCUT2D eigenvalue weighted by molar-refractivity contribution is 0.0993. The van der Waals surface area contributed by atoms with Crippen LogP contribution in [0.3, 0.4) is 0 Å². The summed E-state index contributed by atoms with van der Waals surface area (Å²) in [4.78, 5) is 12.1. The van der Waals surface area contributed by atoms with Gasteiger partial charge in [0.25, 0.3) is 0 Å². The summed E-state index contributed by atoms with van der Waals surface area (Å²) in [7, 11) is 0. The summed E-state index contributed by atoms with van der Waals surface area (Å²) in [6, 6.07) is 15.6. The molecule has 0 heterocycles. The molecule has 0 aliphatic rings. The van der Waals surface area contributed by atoms with Crippen LogP contribution < -0.4 is 5.73 Å². The van der Waals surface area contributed by atoms with Crippen LogP contribution in [-0.4, -0.2) is 5.78 Å². The molecule has 2 aromatic carbocycles. The molecule has 2 nitrogen and oxygen atoms in total. The van der Waals surface area contributed by atoms with Gasteiger partial charge in [0.15, 0.2) is 5.78 Å². The van der Waals surface area contributed by atoms with E-state index in [4.69, 9.17) is 5.73 Å². The van der Waals surface area contributed by atoms with Gasteiger partial charge in [-0.2, -0.15) is 0 Å². The lowest BCUT2D eigenvalue weighted by Gasteiger charge is -2.04. The van der Waals surface area contributed by atoms with Crippen LogP contribution in [0.4, 0.5) is 0 Å². The molecule has 2 rings (SSSR count). The number of hydrogen-bond acceptors (Lipinski definition) is 2. The molecule has 0 saturated heterocycles. The first-order valence-corrected chi connectivity index (χ1v) is 6.07. The van der Waals surface area contributed by atoms with Crippen molar-refractivity contribution in [2.24, 2.45) is 5.73 Å². The highest BCUT2D eigenvalue weighted by molar-refractivity contribution is 5.97. The molecule has 0 radical (unpaired) electrons. The van der Waals surface area contributed by atoms with Crippen molar-refractivity contribution in [1.29, 1.82) is 0 Å². The summed E-state index contributed by atoms with van der Waals surface area (Å²) >= 11 is 0. The fourth-order valence-corrected chi connectivity index (χ4v) is 1.87. The number of benzene rings is 2. The van der Waals surface area contributed by atoms with Crippen LogP contribution in [0, 0.1) is 6.92 Å². The quantitative estimate of drug-likeness (QED) is 0.870. The Morgan fingerprint density at radius 1 is 1.05 bits per heavy atom. The van der Waals surface area contributed by atoms with Crippen molar-refractivity contribution >= 4 is 18.2 Å². The smallest absolute Gasteiger partial charge is 0.167 e. The Kier molecular flexibility index (Phi) is 5.74. The number of nitrogens with two attached hydrogens (primary N) is 1. The first-order chi connectivity index (χ1) is 8.69. The molecular formula is C16H18ClNO. The summed E-state index contributed by atoms with van der Waals surface area (Å²) in [6.45, 7) is 2.50. The van der Waals surface area contributed by atoms with Crippen molar-refractivity contribution < 1.29 is 4.79 Å². The van der Waals surface area contributed by atoms with Crippen molar-refractivity contribution in [2.45, 2.75) is 19.9 Å². The van der Waals surface area contributed by atoms with E-state index < -0.39 is 0 Å². The third-order valence-corrected chi connectivity index (χ3v) is 2.97. The van der Waals surface area contributed by atoms with Crippen molar-refractivity contribution in [1.82, 2.24) is 0 Å². The number of halogens is 1. The molecule has 0 amide bonds. The van der Waals surface area contributed by atoms with Crippen LogP contribution in [0.1, 0.15) is 27.0 Å². The second-order valence-electron chi connectivity index (χ2n) is 4.49. The molecule has 0 aromatic heterocycles. The van der Waals surface area contributed by atoms with E-state index in [2.05, 4.69) is 0 Å². The molecule has 0 spiro atoms. The first kappa shape index (κ1) is 15.4. The largest absolute Gasteiger partial charge is 0.326 e. The predicted molar refractivity (Wildman–Crippen MR) is 80.8 cm³/mol. The summed E-state index contributed by atoms with van der Waals surface area (Å²) in [5.41, 5.74) is 9.55. The molecule has 0 fully saturated rings. The van der Waals surface area contributed by atoms with Gasteiger partial charge in [0.2, 0.25) is 0 Å². The minimum absolute atomic E-state index is 0. The zero-order valence-corrected chi connectivity index (χ0v) is 11.7. The van der Waals surface area contributed by atoms with Crippen LogP contribution in [0.15, 0.2) is 48.5 Å². The lowest BCUT2D eigenvalue weighted by Crippen LogP contribution is -2.05. The van der Waals surface area contributed by atoms with Crippen LogP contribution in [0.5, 0.6) is 0 Å². The Hall–Kier alpha value is -1.64. The number of Topliss-reactive ketones (excluding diaryl/α,β-unsaturated/α-hetero) is 1. The highest BCUT2D eigenvalue weighted by atomic mass is 35.5. The average Bonchev–Trinajstić information content (AvgIpc) is 2.41. The molecule has 3 heteroatoms. The Labute approximate surface area is 120 Å². The standard InChI is InChI=1S/C16H17NO.ClH/c1-12-5-7-13(8-6-12)10-16(18)15-4-2-3-14(9-15)11-17;/h2-9H,10-11,17H2,1H3;1H. The van der Waals surface area contributed by atoms with Gasteiger partial charge in [-0.25, -0.2) is 0 Å². The number of carbonyl (C=O) groups is 1. The second kappa shape index (κ2) is 7.07. The molecule has 2 aromatic rings. The van der Waals surface area contributed by atoms with Gasteiger partial charge >= 0.3 is 0 Å². The van der Waals surface area contributed by atoms with Gasteiger partial charge in [-0.3, -0.25) is 4.79 Å². The van der Waals surface area contributed by atoms with Gasteiger partial charge in [-0.1, -0.05) is 48.0 Å². The molecule has 0 atom stereocenters. The molecule has 100 valence electrons. The summed E-state index contributed by atoms with van der Waals surface area (Å²) in [5, 5.41) is 0.